The standard InChI is InChI=1S/C14H22N2O/c1-4-17-14-8-7-12(15)9-13(14)16-10(2)5-6-11(16)3/h7-11H,4-6,15H2,1-3H3/t10-,11+. The number of nitrogens with zero attached hydrogens (tertiary/aromatic N) is 1. The van der Waals surface area contributed by atoms with E-state index in [9.17, 15) is 0 Å². The largest absolute Gasteiger partial charge is 0.492 e. The molecule has 3 nitrogen and oxygen atoms in total. The Labute approximate surface area is 104 Å². The van der Waals surface area contributed by atoms with Gasteiger partial charge in [0.2, 0.25) is 0 Å². The van der Waals surface area contributed by atoms with Gasteiger partial charge in [0.15, 0.2) is 0 Å². The number of benzene rings is 1. The van der Waals surface area contributed by atoms with Gasteiger partial charge in [-0.2, -0.15) is 0 Å². The summed E-state index contributed by atoms with van der Waals surface area (Å²) in [5.74, 6) is 0.947. The molecule has 0 bridgehead atoms. The van der Waals surface area contributed by atoms with Crippen molar-refractivity contribution in [1.29, 1.82) is 0 Å². The minimum atomic E-state index is 0.561. The third-order valence-electron chi connectivity index (χ3n) is 3.51. The van der Waals surface area contributed by atoms with E-state index in [1.54, 1.807) is 0 Å². The number of nitrogens with two attached hydrogens (primary N) is 1. The molecule has 0 unspecified atom stereocenters. The molecule has 1 aromatic rings. The van der Waals surface area contributed by atoms with Crippen LogP contribution < -0.4 is 15.4 Å². The molecule has 1 aromatic carbocycles. The van der Waals surface area contributed by atoms with Gasteiger partial charge in [0, 0.05) is 17.8 Å². The Morgan fingerprint density at radius 1 is 1.29 bits per heavy atom. The first kappa shape index (κ1) is 12.1. The molecule has 1 fully saturated rings. The van der Waals surface area contributed by atoms with Crippen LogP contribution >= 0.6 is 0 Å². The normalized spacial score (nSPS) is 24.1. The maximum atomic E-state index is 5.90. The lowest BCUT2D eigenvalue weighted by Gasteiger charge is -2.30. The second-order valence-electron chi connectivity index (χ2n) is 4.84. The first-order valence-corrected chi connectivity index (χ1v) is 6.44. The first-order chi connectivity index (χ1) is 8.13. The highest BCUT2D eigenvalue weighted by molar-refractivity contribution is 5.66. The van der Waals surface area contributed by atoms with Crippen LogP contribution in [0.2, 0.25) is 0 Å². The van der Waals surface area contributed by atoms with E-state index >= 15 is 0 Å². The fourth-order valence-electron chi connectivity index (χ4n) is 2.68. The minimum absolute atomic E-state index is 0.561. The molecule has 2 rings (SSSR count). The van der Waals surface area contributed by atoms with Crippen LogP contribution in [-0.2, 0) is 0 Å². The summed E-state index contributed by atoms with van der Waals surface area (Å²) in [6.07, 6.45) is 2.48. The van der Waals surface area contributed by atoms with Gasteiger partial charge in [0.1, 0.15) is 5.75 Å². The van der Waals surface area contributed by atoms with Gasteiger partial charge in [-0.1, -0.05) is 0 Å². The summed E-state index contributed by atoms with van der Waals surface area (Å²) in [5.41, 5.74) is 7.84. The van der Waals surface area contributed by atoms with Crippen molar-refractivity contribution in [2.75, 3.05) is 17.2 Å². The Morgan fingerprint density at radius 2 is 1.94 bits per heavy atom. The predicted molar refractivity (Wildman–Crippen MR) is 72.7 cm³/mol. The summed E-state index contributed by atoms with van der Waals surface area (Å²) in [6.45, 7) is 7.23. The highest BCUT2D eigenvalue weighted by atomic mass is 16.5. The van der Waals surface area contributed by atoms with E-state index < -0.39 is 0 Å². The van der Waals surface area contributed by atoms with Gasteiger partial charge in [-0.15, -0.1) is 0 Å². The predicted octanol–water partition coefficient (Wildman–Crippen LogP) is 3.04. The molecule has 2 atom stereocenters. The summed E-state index contributed by atoms with van der Waals surface area (Å²) in [4.78, 5) is 2.43. The third kappa shape index (κ3) is 2.33. The summed E-state index contributed by atoms with van der Waals surface area (Å²) >= 11 is 0. The van der Waals surface area contributed by atoms with Gasteiger partial charge in [0.05, 0.1) is 12.3 Å². The van der Waals surface area contributed by atoms with Gasteiger partial charge in [-0.25, -0.2) is 0 Å². The Bertz CT molecular complexity index is 382. The van der Waals surface area contributed by atoms with E-state index in [2.05, 4.69) is 18.7 Å². The molecule has 1 heterocycles. The van der Waals surface area contributed by atoms with Crippen molar-refractivity contribution in [3.05, 3.63) is 18.2 Å². The zero-order valence-electron chi connectivity index (χ0n) is 10.9. The first-order valence-electron chi connectivity index (χ1n) is 6.44. The van der Waals surface area contributed by atoms with Crippen LogP contribution in [0.25, 0.3) is 0 Å². The van der Waals surface area contributed by atoms with Gasteiger partial charge >= 0.3 is 0 Å². The fourth-order valence-corrected chi connectivity index (χ4v) is 2.68. The fraction of sp³-hybridized carbons (Fsp3) is 0.571. The maximum Gasteiger partial charge on any atom is 0.142 e. The van der Waals surface area contributed by atoms with Gasteiger partial charge < -0.3 is 15.4 Å². The minimum Gasteiger partial charge on any atom is -0.492 e. The zero-order chi connectivity index (χ0) is 12.4. The lowest BCUT2D eigenvalue weighted by molar-refractivity contribution is 0.339. The molecule has 0 amide bonds. The molecule has 0 spiro atoms. The molecule has 17 heavy (non-hydrogen) atoms. The molecular formula is C14H22N2O. The number of hydrogen-bond donors (Lipinski definition) is 1. The average Bonchev–Trinajstić information content (AvgIpc) is 2.62. The Morgan fingerprint density at radius 3 is 2.53 bits per heavy atom. The van der Waals surface area contributed by atoms with E-state index in [-0.39, 0.29) is 0 Å². The molecular weight excluding hydrogens is 212 g/mol. The van der Waals surface area contributed by atoms with Crippen LogP contribution in [0.5, 0.6) is 5.75 Å². The topological polar surface area (TPSA) is 38.5 Å². The van der Waals surface area contributed by atoms with Crippen LogP contribution in [0.3, 0.4) is 0 Å². The highest BCUT2D eigenvalue weighted by Crippen LogP contribution is 2.37. The molecule has 1 aliphatic heterocycles. The van der Waals surface area contributed by atoms with E-state index in [1.165, 1.54) is 12.8 Å². The van der Waals surface area contributed by atoms with Gasteiger partial charge in [-0.05, 0) is 51.8 Å². The average molecular weight is 234 g/mol. The molecule has 1 aliphatic rings. The molecule has 0 aromatic heterocycles. The van der Waals surface area contributed by atoms with Gasteiger partial charge in [0.25, 0.3) is 0 Å². The number of ether oxygens (including phenoxy) is 1. The highest BCUT2D eigenvalue weighted by Gasteiger charge is 2.29. The summed E-state index contributed by atoms with van der Waals surface area (Å²) < 4.78 is 5.70. The monoisotopic (exact) mass is 234 g/mol. The number of anilines is 2. The number of hydrogen-bond acceptors (Lipinski definition) is 3. The van der Waals surface area contributed by atoms with Crippen LogP contribution in [0.1, 0.15) is 33.6 Å². The van der Waals surface area contributed by atoms with E-state index in [0.717, 1.165) is 17.1 Å². The smallest absolute Gasteiger partial charge is 0.142 e. The van der Waals surface area contributed by atoms with E-state index in [4.69, 9.17) is 10.5 Å². The Hall–Kier alpha value is -1.38. The summed E-state index contributed by atoms with van der Waals surface area (Å²) in [5, 5.41) is 0. The quantitative estimate of drug-likeness (QED) is 0.817. The lowest BCUT2D eigenvalue weighted by atomic mass is 10.2. The third-order valence-corrected chi connectivity index (χ3v) is 3.51. The van der Waals surface area contributed by atoms with Crippen molar-refractivity contribution in [3.63, 3.8) is 0 Å². The SMILES string of the molecule is CCOc1ccc(N)cc1N1[C@H](C)CC[C@@H]1C. The molecule has 3 heteroatoms. The van der Waals surface area contributed by atoms with Crippen molar-refractivity contribution in [1.82, 2.24) is 0 Å². The van der Waals surface area contributed by atoms with Crippen molar-refractivity contribution >= 4 is 11.4 Å². The Kier molecular flexibility index (Phi) is 3.46. The second kappa shape index (κ2) is 4.86. The van der Waals surface area contributed by atoms with Crippen molar-refractivity contribution in [2.24, 2.45) is 0 Å². The van der Waals surface area contributed by atoms with Crippen molar-refractivity contribution in [2.45, 2.75) is 45.7 Å². The van der Waals surface area contributed by atoms with E-state index in [1.807, 2.05) is 25.1 Å². The lowest BCUT2D eigenvalue weighted by Crippen LogP contribution is -2.32. The maximum absolute atomic E-state index is 5.90. The van der Waals surface area contributed by atoms with Crippen molar-refractivity contribution < 1.29 is 4.74 Å². The molecule has 0 radical (unpaired) electrons. The van der Waals surface area contributed by atoms with Crippen LogP contribution in [0.15, 0.2) is 18.2 Å². The molecule has 0 aliphatic carbocycles. The van der Waals surface area contributed by atoms with Crippen molar-refractivity contribution in [3.8, 4) is 5.75 Å². The molecule has 2 N–H and O–H groups in total. The van der Waals surface area contributed by atoms with Crippen LogP contribution in [0.4, 0.5) is 11.4 Å². The van der Waals surface area contributed by atoms with Crippen LogP contribution in [-0.4, -0.2) is 18.7 Å². The zero-order valence-corrected chi connectivity index (χ0v) is 10.9. The summed E-state index contributed by atoms with van der Waals surface area (Å²) in [6, 6.07) is 7.03. The van der Waals surface area contributed by atoms with Gasteiger partial charge in [-0.3, -0.25) is 0 Å². The number of rotatable bonds is 3. The number of nitrogen functional groups attached to an aromatic ring is 1. The van der Waals surface area contributed by atoms with E-state index in [0.29, 0.717) is 18.7 Å². The molecule has 94 valence electrons. The second-order valence-corrected chi connectivity index (χ2v) is 4.84. The molecule has 0 saturated carbocycles. The van der Waals surface area contributed by atoms with Crippen LogP contribution in [0, 0.1) is 0 Å². The Balaban J connectivity index is 2.38. The molecule has 1 saturated heterocycles. The summed E-state index contributed by atoms with van der Waals surface area (Å²) in [7, 11) is 0.